The molecule has 1 fully saturated rings. The number of fused-ring (bicyclic) bond motifs is 1. The van der Waals surface area contributed by atoms with E-state index >= 15 is 0 Å². The van der Waals surface area contributed by atoms with Gasteiger partial charge in [0.05, 0.1) is 18.8 Å². The number of aromatic nitrogens is 2. The van der Waals surface area contributed by atoms with Gasteiger partial charge in [-0.1, -0.05) is 12.1 Å². The molecule has 0 atom stereocenters. The summed E-state index contributed by atoms with van der Waals surface area (Å²) in [5.74, 6) is 0.333. The number of rotatable bonds is 6. The Kier molecular flexibility index (Phi) is 7.69. The number of nitrogens with zero attached hydrogens (tertiary/aromatic N) is 4. The van der Waals surface area contributed by atoms with E-state index in [9.17, 15) is 14.4 Å². The Morgan fingerprint density at radius 2 is 1.79 bits per heavy atom. The fraction of sp³-hybridized carbons (Fsp3) is 0.273. The second kappa shape index (κ2) is 11.7. The summed E-state index contributed by atoms with van der Waals surface area (Å²) < 4.78 is 5.33. The van der Waals surface area contributed by atoms with Crippen molar-refractivity contribution in [1.82, 2.24) is 14.9 Å². The quantitative estimate of drug-likeness (QED) is 0.352. The predicted molar refractivity (Wildman–Crippen MR) is 168 cm³/mol. The van der Waals surface area contributed by atoms with E-state index in [2.05, 4.69) is 21.4 Å². The normalized spacial score (nSPS) is 14.8. The molecule has 0 aliphatic carbocycles. The van der Waals surface area contributed by atoms with E-state index in [1.54, 1.807) is 23.1 Å². The smallest absolute Gasteiger partial charge is 0.271 e. The van der Waals surface area contributed by atoms with E-state index in [4.69, 9.17) is 4.74 Å². The number of morpholine rings is 1. The number of ether oxygens (including phenoxy) is 1. The number of carbonyl (C=O) groups excluding carboxylic acids is 2. The molecule has 2 aromatic carbocycles. The van der Waals surface area contributed by atoms with Crippen LogP contribution in [-0.2, 0) is 11.2 Å². The van der Waals surface area contributed by atoms with Crippen molar-refractivity contribution in [3.63, 3.8) is 0 Å². The third-order valence-electron chi connectivity index (χ3n) is 7.96. The highest BCUT2D eigenvalue weighted by Crippen LogP contribution is 2.31. The third kappa shape index (κ3) is 5.74. The van der Waals surface area contributed by atoms with E-state index in [1.807, 2.05) is 67.2 Å². The summed E-state index contributed by atoms with van der Waals surface area (Å²) in [6.07, 6.45) is 2.28. The van der Waals surface area contributed by atoms with Crippen LogP contribution in [0.25, 0.3) is 11.1 Å². The molecular formula is C33H34N6O4. The summed E-state index contributed by atoms with van der Waals surface area (Å²) in [5, 5.41) is 3.10. The Morgan fingerprint density at radius 3 is 2.53 bits per heavy atom. The maximum absolute atomic E-state index is 13.5. The fourth-order valence-corrected chi connectivity index (χ4v) is 5.54. The molecule has 2 amide bonds. The van der Waals surface area contributed by atoms with Gasteiger partial charge in [0.1, 0.15) is 11.5 Å². The Morgan fingerprint density at radius 1 is 0.977 bits per heavy atom. The van der Waals surface area contributed by atoms with Gasteiger partial charge >= 0.3 is 0 Å². The van der Waals surface area contributed by atoms with Crippen LogP contribution in [0.2, 0.25) is 0 Å². The first-order chi connectivity index (χ1) is 20.8. The zero-order valence-electron chi connectivity index (χ0n) is 24.5. The van der Waals surface area contributed by atoms with Gasteiger partial charge in [0.25, 0.3) is 17.4 Å². The first-order valence-corrected chi connectivity index (χ1v) is 14.3. The number of benzene rings is 2. The van der Waals surface area contributed by atoms with Crippen molar-refractivity contribution in [2.75, 3.05) is 62.1 Å². The van der Waals surface area contributed by atoms with E-state index < -0.39 is 0 Å². The van der Waals surface area contributed by atoms with Crippen molar-refractivity contribution in [2.45, 2.75) is 13.3 Å². The Bertz CT molecular complexity index is 1740. The highest BCUT2D eigenvalue weighted by atomic mass is 16.5. The second-order valence-corrected chi connectivity index (χ2v) is 11.0. The van der Waals surface area contributed by atoms with Crippen LogP contribution in [0, 0.1) is 6.92 Å². The number of H-pyrrole nitrogens is 1. The molecule has 4 heterocycles. The molecule has 0 radical (unpaired) electrons. The van der Waals surface area contributed by atoms with Crippen molar-refractivity contribution in [3.8, 4) is 11.1 Å². The van der Waals surface area contributed by atoms with E-state index in [0.717, 1.165) is 40.0 Å². The van der Waals surface area contributed by atoms with Crippen LogP contribution in [0.3, 0.4) is 0 Å². The fourth-order valence-electron chi connectivity index (χ4n) is 5.54. The van der Waals surface area contributed by atoms with Crippen molar-refractivity contribution in [2.24, 2.45) is 0 Å². The average Bonchev–Trinajstić information content (AvgIpc) is 3.03. The molecule has 2 N–H and O–H groups in total. The minimum atomic E-state index is -0.285. The van der Waals surface area contributed by atoms with Gasteiger partial charge in [0, 0.05) is 68.1 Å². The zero-order chi connectivity index (χ0) is 30.1. The van der Waals surface area contributed by atoms with Gasteiger partial charge in [0.15, 0.2) is 0 Å². The van der Waals surface area contributed by atoms with Crippen LogP contribution in [0.1, 0.15) is 32.0 Å². The lowest BCUT2D eigenvalue weighted by Gasteiger charge is -2.30. The van der Waals surface area contributed by atoms with Crippen LogP contribution in [-0.4, -0.2) is 73.6 Å². The Hall–Kier alpha value is -4.96. The SMILES string of the molecule is Cc1[nH]c(=O)c(Nc2ccc(C(=O)N3CCOCC3)cn2)cc1-c1cccc(N2CCc3cc(N(C)C)ccc3C2=O)c1. The monoisotopic (exact) mass is 578 g/mol. The van der Waals surface area contributed by atoms with Gasteiger partial charge < -0.3 is 29.7 Å². The van der Waals surface area contributed by atoms with Gasteiger partial charge in [-0.15, -0.1) is 0 Å². The number of pyridine rings is 2. The summed E-state index contributed by atoms with van der Waals surface area (Å²) in [5.41, 5.74) is 6.58. The standard InChI is InChI=1S/C33H34N6O4/c1-21-28(19-29(31(40)35-21)36-30-10-7-24(20-34-30)32(41)38-13-15-43-16-14-38)22-5-4-6-26(18-22)39-12-11-23-17-25(37(2)3)8-9-27(23)33(39)42/h4-10,17-20H,11-16H2,1-3H3,(H,34,36)(H,35,40). The second-order valence-electron chi connectivity index (χ2n) is 11.0. The van der Waals surface area contributed by atoms with Crippen molar-refractivity contribution in [3.05, 3.63) is 99.6 Å². The van der Waals surface area contributed by atoms with E-state index in [0.29, 0.717) is 55.6 Å². The molecule has 1 saturated heterocycles. The Labute approximate surface area is 249 Å². The zero-order valence-corrected chi connectivity index (χ0v) is 24.5. The molecule has 0 spiro atoms. The number of hydrogen-bond acceptors (Lipinski definition) is 7. The van der Waals surface area contributed by atoms with E-state index in [-0.39, 0.29) is 17.4 Å². The number of amides is 2. The maximum Gasteiger partial charge on any atom is 0.271 e. The summed E-state index contributed by atoms with van der Waals surface area (Å²) in [6.45, 7) is 4.60. The number of aryl methyl sites for hydroxylation is 1. The molecule has 10 heteroatoms. The van der Waals surface area contributed by atoms with Crippen LogP contribution < -0.4 is 20.7 Å². The molecule has 0 saturated carbocycles. The number of nitrogens with one attached hydrogen (secondary N) is 2. The summed E-state index contributed by atoms with van der Waals surface area (Å²) >= 11 is 0. The number of anilines is 4. The highest BCUT2D eigenvalue weighted by Gasteiger charge is 2.26. The molecule has 10 nitrogen and oxygen atoms in total. The molecule has 2 aliphatic rings. The van der Waals surface area contributed by atoms with Gasteiger partial charge in [-0.25, -0.2) is 4.98 Å². The third-order valence-corrected chi connectivity index (χ3v) is 7.96. The predicted octanol–water partition coefficient (Wildman–Crippen LogP) is 4.23. The maximum atomic E-state index is 13.5. The first kappa shape index (κ1) is 28.2. The number of carbonyl (C=O) groups is 2. The highest BCUT2D eigenvalue weighted by molar-refractivity contribution is 6.08. The number of aromatic amines is 1. The molecule has 4 aromatic rings. The van der Waals surface area contributed by atoms with Gasteiger partial charge in [-0.05, 0) is 73.0 Å². The van der Waals surface area contributed by atoms with Gasteiger partial charge in [0.2, 0.25) is 0 Å². The van der Waals surface area contributed by atoms with Gasteiger partial charge in [-0.2, -0.15) is 0 Å². The molecular weight excluding hydrogens is 544 g/mol. The minimum absolute atomic E-state index is 0.0223. The van der Waals surface area contributed by atoms with Crippen LogP contribution in [0.15, 0.2) is 71.7 Å². The van der Waals surface area contributed by atoms with Crippen LogP contribution >= 0.6 is 0 Å². The largest absolute Gasteiger partial charge is 0.378 e. The molecule has 0 unspecified atom stereocenters. The molecule has 43 heavy (non-hydrogen) atoms. The summed E-state index contributed by atoms with van der Waals surface area (Å²) in [7, 11) is 3.98. The minimum Gasteiger partial charge on any atom is -0.378 e. The average molecular weight is 579 g/mol. The van der Waals surface area contributed by atoms with E-state index in [1.165, 1.54) is 6.20 Å². The molecule has 220 valence electrons. The molecule has 2 aliphatic heterocycles. The lowest BCUT2D eigenvalue weighted by atomic mass is 9.96. The van der Waals surface area contributed by atoms with Crippen molar-refractivity contribution in [1.29, 1.82) is 0 Å². The molecule has 6 rings (SSSR count). The number of hydrogen-bond donors (Lipinski definition) is 2. The molecule has 2 aromatic heterocycles. The first-order valence-electron chi connectivity index (χ1n) is 14.3. The summed E-state index contributed by atoms with van der Waals surface area (Å²) in [4.78, 5) is 52.0. The topological polar surface area (TPSA) is 111 Å². The van der Waals surface area contributed by atoms with Crippen molar-refractivity contribution >= 4 is 34.7 Å². The van der Waals surface area contributed by atoms with Crippen LogP contribution in [0.4, 0.5) is 22.9 Å². The summed E-state index contributed by atoms with van der Waals surface area (Å²) in [6, 6.07) is 18.9. The Balaban J connectivity index is 1.23. The lowest BCUT2D eigenvalue weighted by molar-refractivity contribution is 0.0302. The van der Waals surface area contributed by atoms with Gasteiger partial charge in [-0.3, -0.25) is 14.4 Å². The molecule has 0 bridgehead atoms. The van der Waals surface area contributed by atoms with Crippen LogP contribution in [0.5, 0.6) is 0 Å². The lowest BCUT2D eigenvalue weighted by Crippen LogP contribution is -2.40. The van der Waals surface area contributed by atoms with Crippen molar-refractivity contribution < 1.29 is 14.3 Å².